The first-order chi connectivity index (χ1) is 10.1. The van der Waals surface area contributed by atoms with Gasteiger partial charge in [-0.1, -0.05) is 19.8 Å². The van der Waals surface area contributed by atoms with Gasteiger partial charge in [-0.15, -0.1) is 0 Å². The van der Waals surface area contributed by atoms with Crippen LogP contribution in [0, 0.1) is 17.6 Å². The number of nitrogens with one attached hydrogen (secondary N) is 1. The van der Waals surface area contributed by atoms with Gasteiger partial charge < -0.3 is 5.32 Å². The van der Waals surface area contributed by atoms with E-state index in [1.165, 1.54) is 0 Å². The number of hydrogen-bond acceptors (Lipinski definition) is 2. The van der Waals surface area contributed by atoms with Crippen molar-refractivity contribution in [2.24, 2.45) is 5.92 Å². The van der Waals surface area contributed by atoms with Gasteiger partial charge in [0.15, 0.2) is 0 Å². The largest absolute Gasteiger partial charge is 0.316 e. The van der Waals surface area contributed by atoms with Gasteiger partial charge in [0.25, 0.3) is 0 Å². The zero-order valence-corrected chi connectivity index (χ0v) is 13.4. The molecule has 5 heteroatoms. The smallest absolute Gasteiger partial charge is 0.139 e. The number of hydrogen-bond donors (Lipinski definition) is 1. The van der Waals surface area contributed by atoms with E-state index in [1.54, 1.807) is 0 Å². The molecule has 4 unspecified atom stereocenters. The quantitative estimate of drug-likeness (QED) is 0.899. The lowest BCUT2D eigenvalue weighted by molar-refractivity contribution is 0.292. The van der Waals surface area contributed by atoms with Crippen molar-refractivity contribution in [3.8, 4) is 0 Å². The molecule has 1 N–H and O–H groups in total. The normalized spacial score (nSPS) is 27.5. The third-order valence-electron chi connectivity index (χ3n) is 4.35. The van der Waals surface area contributed by atoms with Gasteiger partial charge in [-0.3, -0.25) is 4.21 Å². The van der Waals surface area contributed by atoms with Gasteiger partial charge in [0.2, 0.25) is 0 Å². The molecule has 4 atom stereocenters. The molecular weight excluding hydrogens is 292 g/mol. The molecule has 0 saturated heterocycles. The van der Waals surface area contributed by atoms with Crippen molar-refractivity contribution in [3.05, 3.63) is 29.8 Å². The van der Waals surface area contributed by atoms with Crippen LogP contribution in [0.25, 0.3) is 0 Å². The lowest BCUT2D eigenvalue weighted by Crippen LogP contribution is -2.45. The zero-order chi connectivity index (χ0) is 15.4. The predicted octanol–water partition coefficient (Wildman–Crippen LogP) is 3.63. The van der Waals surface area contributed by atoms with Gasteiger partial charge >= 0.3 is 0 Å². The van der Waals surface area contributed by atoms with Gasteiger partial charge in [0.05, 0.1) is 20.9 Å². The van der Waals surface area contributed by atoms with Gasteiger partial charge in [-0.25, -0.2) is 8.78 Å². The summed E-state index contributed by atoms with van der Waals surface area (Å²) in [6, 6.07) is 3.29. The van der Waals surface area contributed by atoms with E-state index in [0.717, 1.165) is 50.3 Å². The molecule has 0 aromatic heterocycles. The lowest BCUT2D eigenvalue weighted by atomic mass is 9.83. The van der Waals surface area contributed by atoms with Crippen molar-refractivity contribution in [2.75, 3.05) is 7.05 Å². The highest BCUT2D eigenvalue weighted by molar-refractivity contribution is 7.85. The van der Waals surface area contributed by atoms with Crippen molar-refractivity contribution in [3.63, 3.8) is 0 Å². The molecule has 118 valence electrons. The second kappa shape index (κ2) is 7.45. The van der Waals surface area contributed by atoms with E-state index in [9.17, 15) is 13.0 Å². The number of halogens is 2. The Labute approximate surface area is 127 Å². The number of rotatable bonds is 5. The van der Waals surface area contributed by atoms with Gasteiger partial charge in [-0.05, 0) is 50.4 Å². The van der Waals surface area contributed by atoms with Crippen molar-refractivity contribution in [1.82, 2.24) is 5.32 Å². The Morgan fingerprint density at radius 3 is 2.76 bits per heavy atom. The highest BCUT2D eigenvalue weighted by Crippen LogP contribution is 2.33. The monoisotopic (exact) mass is 315 g/mol. The minimum absolute atomic E-state index is 0.00241. The first-order valence-corrected chi connectivity index (χ1v) is 8.81. The van der Waals surface area contributed by atoms with Crippen LogP contribution in [-0.4, -0.2) is 22.5 Å². The summed E-state index contributed by atoms with van der Waals surface area (Å²) < 4.78 is 40.0. The molecule has 1 aliphatic rings. The molecule has 1 fully saturated rings. The molecule has 1 aromatic carbocycles. The maximum atomic E-state index is 13.9. The fourth-order valence-electron chi connectivity index (χ4n) is 3.24. The molecule has 0 amide bonds. The highest BCUT2D eigenvalue weighted by atomic mass is 32.2. The Kier molecular flexibility index (Phi) is 5.88. The van der Waals surface area contributed by atoms with Crippen LogP contribution in [0.1, 0.15) is 39.0 Å². The summed E-state index contributed by atoms with van der Waals surface area (Å²) in [5, 5.41) is 3.04. The fraction of sp³-hybridized carbons (Fsp3) is 0.625. The Balaban J connectivity index is 2.23. The second-order valence-corrected chi connectivity index (χ2v) is 7.41. The van der Waals surface area contributed by atoms with Crippen LogP contribution in [-0.2, 0) is 10.8 Å². The summed E-state index contributed by atoms with van der Waals surface area (Å²) >= 11 is 0. The van der Waals surface area contributed by atoms with Crippen molar-refractivity contribution in [2.45, 2.75) is 55.2 Å². The van der Waals surface area contributed by atoms with Crippen molar-refractivity contribution in [1.29, 1.82) is 0 Å². The Morgan fingerprint density at radius 1 is 1.33 bits per heavy atom. The highest BCUT2D eigenvalue weighted by Gasteiger charge is 2.34. The summed E-state index contributed by atoms with van der Waals surface area (Å²) in [7, 11) is 0.321. The molecule has 1 saturated carbocycles. The molecule has 0 spiro atoms. The number of benzene rings is 1. The second-order valence-electron chi connectivity index (χ2n) is 5.77. The Bertz CT molecular complexity index is 509. The van der Waals surface area contributed by atoms with E-state index in [0.29, 0.717) is 5.92 Å². The van der Waals surface area contributed by atoms with Crippen LogP contribution in [0.4, 0.5) is 8.78 Å². The first kappa shape index (κ1) is 16.6. The molecule has 2 rings (SSSR count). The van der Waals surface area contributed by atoms with Crippen LogP contribution in [0.3, 0.4) is 0 Å². The van der Waals surface area contributed by atoms with Crippen LogP contribution >= 0.6 is 0 Å². The summed E-state index contributed by atoms with van der Waals surface area (Å²) in [4.78, 5) is -0.00241. The molecule has 2 nitrogen and oxygen atoms in total. The van der Waals surface area contributed by atoms with Crippen LogP contribution in [0.15, 0.2) is 23.1 Å². The van der Waals surface area contributed by atoms with Crippen LogP contribution in [0.2, 0.25) is 0 Å². The van der Waals surface area contributed by atoms with Crippen LogP contribution in [0.5, 0.6) is 0 Å². The van der Waals surface area contributed by atoms with E-state index >= 15 is 0 Å². The van der Waals surface area contributed by atoms with E-state index < -0.39 is 22.4 Å². The first-order valence-electron chi connectivity index (χ1n) is 7.59. The molecular formula is C16H23F2NOS. The third kappa shape index (κ3) is 3.89. The summed E-state index contributed by atoms with van der Waals surface area (Å²) in [6.07, 6.45) is 5.06. The Morgan fingerprint density at radius 2 is 2.10 bits per heavy atom. The molecule has 1 aromatic rings. The lowest BCUT2D eigenvalue weighted by Gasteiger charge is -2.35. The van der Waals surface area contributed by atoms with E-state index in [-0.39, 0.29) is 16.2 Å². The van der Waals surface area contributed by atoms with Gasteiger partial charge in [-0.2, -0.15) is 0 Å². The van der Waals surface area contributed by atoms with Crippen LogP contribution < -0.4 is 5.32 Å². The summed E-state index contributed by atoms with van der Waals surface area (Å²) in [5.41, 5.74) is 0. The molecule has 1 aliphatic carbocycles. The molecule has 0 heterocycles. The zero-order valence-electron chi connectivity index (χ0n) is 12.6. The fourth-order valence-corrected chi connectivity index (χ4v) is 5.08. The SMILES string of the molecule is CCCC1CCC(NC)C(S(=O)c2cc(F)ccc2F)C1. The third-order valence-corrected chi connectivity index (χ3v) is 6.17. The van der Waals surface area contributed by atoms with E-state index in [4.69, 9.17) is 0 Å². The molecule has 0 bridgehead atoms. The van der Waals surface area contributed by atoms with Crippen molar-refractivity contribution >= 4 is 10.8 Å². The maximum absolute atomic E-state index is 13.9. The minimum Gasteiger partial charge on any atom is -0.316 e. The minimum atomic E-state index is -1.52. The predicted molar refractivity (Wildman–Crippen MR) is 81.7 cm³/mol. The topological polar surface area (TPSA) is 29.1 Å². The van der Waals surface area contributed by atoms with E-state index in [1.807, 2.05) is 7.05 Å². The molecule has 21 heavy (non-hydrogen) atoms. The molecule has 0 aliphatic heterocycles. The standard InChI is InChI=1S/C16H23F2NOS/c1-3-4-11-5-8-14(19-2)16(9-11)21(20)15-10-12(17)6-7-13(15)18/h6-7,10-11,14,16,19H,3-5,8-9H2,1-2H3. The van der Waals surface area contributed by atoms with Gasteiger partial charge in [0, 0.05) is 6.04 Å². The summed E-state index contributed by atoms with van der Waals surface area (Å²) in [6.45, 7) is 2.14. The average Bonchev–Trinajstić information content (AvgIpc) is 2.49. The van der Waals surface area contributed by atoms with Crippen molar-refractivity contribution < 1.29 is 13.0 Å². The summed E-state index contributed by atoms with van der Waals surface area (Å²) in [5.74, 6) is -0.589. The average molecular weight is 315 g/mol. The molecule has 0 radical (unpaired) electrons. The maximum Gasteiger partial charge on any atom is 0.139 e. The Hall–Kier alpha value is -0.810. The van der Waals surface area contributed by atoms with Gasteiger partial charge in [0.1, 0.15) is 11.6 Å². The van der Waals surface area contributed by atoms with E-state index in [2.05, 4.69) is 12.2 Å².